The van der Waals surface area contributed by atoms with E-state index in [1.807, 2.05) is 25.1 Å². The summed E-state index contributed by atoms with van der Waals surface area (Å²) in [5.41, 5.74) is 1.51. The van der Waals surface area contributed by atoms with Crippen LogP contribution >= 0.6 is 0 Å². The molecule has 0 fully saturated rings. The van der Waals surface area contributed by atoms with E-state index in [-0.39, 0.29) is 6.04 Å². The van der Waals surface area contributed by atoms with Crippen molar-refractivity contribution in [2.45, 2.75) is 19.4 Å². The molecule has 2 aromatic carbocycles. The lowest BCUT2D eigenvalue weighted by atomic mass is 10.1. The molecule has 0 spiro atoms. The Morgan fingerprint density at radius 2 is 1.73 bits per heavy atom. The number of rotatable bonds is 3. The smallest absolute Gasteiger partial charge is 0.161 e. The van der Waals surface area contributed by atoms with Gasteiger partial charge in [-0.2, -0.15) is 0 Å². The van der Waals surface area contributed by atoms with Crippen molar-refractivity contribution in [1.29, 1.82) is 0 Å². The number of hydrogen-bond donors (Lipinski definition) is 1. The Bertz CT molecular complexity index is 676. The Morgan fingerprint density at radius 3 is 2.50 bits per heavy atom. The van der Waals surface area contributed by atoms with Gasteiger partial charge in [-0.3, -0.25) is 0 Å². The summed E-state index contributed by atoms with van der Waals surface area (Å²) < 4.78 is 37.5. The second kappa shape index (κ2) is 6.22. The van der Waals surface area contributed by atoms with Gasteiger partial charge in [0.1, 0.15) is 0 Å². The number of ether oxygens (including phenoxy) is 2. The van der Waals surface area contributed by atoms with Crippen LogP contribution in [0.4, 0.5) is 14.5 Å². The van der Waals surface area contributed by atoms with Crippen LogP contribution in [-0.2, 0) is 0 Å². The van der Waals surface area contributed by atoms with E-state index in [2.05, 4.69) is 5.32 Å². The molecule has 1 aliphatic rings. The van der Waals surface area contributed by atoms with Crippen molar-refractivity contribution in [2.24, 2.45) is 0 Å². The van der Waals surface area contributed by atoms with Gasteiger partial charge in [0.15, 0.2) is 23.1 Å². The zero-order chi connectivity index (χ0) is 15.5. The lowest BCUT2D eigenvalue weighted by Gasteiger charge is -2.17. The number of fused-ring (bicyclic) bond motifs is 1. The number of halogens is 2. The molecule has 1 heterocycles. The molecule has 3 nitrogen and oxygen atoms in total. The molecule has 0 saturated heterocycles. The monoisotopic (exact) mass is 305 g/mol. The van der Waals surface area contributed by atoms with Crippen molar-refractivity contribution in [2.75, 3.05) is 18.5 Å². The highest BCUT2D eigenvalue weighted by atomic mass is 19.2. The maximum absolute atomic E-state index is 13.3. The fourth-order valence-electron chi connectivity index (χ4n) is 2.37. The third-order valence-corrected chi connectivity index (χ3v) is 3.57. The van der Waals surface area contributed by atoms with Crippen molar-refractivity contribution in [3.05, 3.63) is 53.6 Å². The average Bonchev–Trinajstić information content (AvgIpc) is 2.75. The van der Waals surface area contributed by atoms with Crippen LogP contribution in [0.25, 0.3) is 0 Å². The van der Waals surface area contributed by atoms with Gasteiger partial charge >= 0.3 is 0 Å². The van der Waals surface area contributed by atoms with Crippen LogP contribution in [0.5, 0.6) is 11.5 Å². The van der Waals surface area contributed by atoms with Gasteiger partial charge < -0.3 is 14.8 Å². The van der Waals surface area contributed by atoms with E-state index in [0.717, 1.165) is 29.9 Å². The maximum Gasteiger partial charge on any atom is 0.161 e. The Labute approximate surface area is 127 Å². The molecule has 1 unspecified atom stereocenters. The zero-order valence-electron chi connectivity index (χ0n) is 12.2. The van der Waals surface area contributed by atoms with Gasteiger partial charge in [0.05, 0.1) is 13.2 Å². The molecular weight excluding hydrogens is 288 g/mol. The van der Waals surface area contributed by atoms with Crippen LogP contribution in [0, 0.1) is 11.6 Å². The van der Waals surface area contributed by atoms with Gasteiger partial charge in [0.2, 0.25) is 0 Å². The van der Waals surface area contributed by atoms with Crippen LogP contribution in [0.3, 0.4) is 0 Å². The zero-order valence-corrected chi connectivity index (χ0v) is 12.2. The summed E-state index contributed by atoms with van der Waals surface area (Å²) in [4.78, 5) is 0. The number of benzene rings is 2. The highest BCUT2D eigenvalue weighted by molar-refractivity contribution is 5.49. The van der Waals surface area contributed by atoms with Crippen molar-refractivity contribution >= 4 is 5.69 Å². The molecule has 5 heteroatoms. The maximum atomic E-state index is 13.3. The van der Waals surface area contributed by atoms with Crippen molar-refractivity contribution < 1.29 is 18.3 Å². The molecule has 3 rings (SSSR count). The summed E-state index contributed by atoms with van der Waals surface area (Å²) in [7, 11) is 0. The van der Waals surface area contributed by atoms with Crippen LogP contribution in [0.1, 0.15) is 24.9 Å². The quantitative estimate of drug-likeness (QED) is 0.917. The average molecular weight is 305 g/mol. The Morgan fingerprint density at radius 1 is 0.955 bits per heavy atom. The molecule has 2 aromatic rings. The van der Waals surface area contributed by atoms with Crippen molar-refractivity contribution in [3.63, 3.8) is 0 Å². The van der Waals surface area contributed by atoms with E-state index in [9.17, 15) is 8.78 Å². The van der Waals surface area contributed by atoms with Crippen LogP contribution in [0.15, 0.2) is 36.4 Å². The second-order valence-corrected chi connectivity index (χ2v) is 5.25. The van der Waals surface area contributed by atoms with E-state index in [1.54, 1.807) is 0 Å². The molecule has 1 N–H and O–H groups in total. The molecule has 22 heavy (non-hydrogen) atoms. The van der Waals surface area contributed by atoms with Gasteiger partial charge in [-0.25, -0.2) is 8.78 Å². The first kappa shape index (κ1) is 14.6. The molecule has 0 amide bonds. The van der Waals surface area contributed by atoms with Gasteiger partial charge in [-0.05, 0) is 36.8 Å². The van der Waals surface area contributed by atoms with E-state index in [1.165, 1.54) is 6.07 Å². The first-order valence-corrected chi connectivity index (χ1v) is 7.24. The summed E-state index contributed by atoms with van der Waals surface area (Å²) in [5.74, 6) is -0.264. The highest BCUT2D eigenvalue weighted by Gasteiger charge is 2.14. The van der Waals surface area contributed by atoms with Gasteiger partial charge in [0.25, 0.3) is 0 Å². The highest BCUT2D eigenvalue weighted by Crippen LogP contribution is 2.33. The molecule has 0 aliphatic carbocycles. The van der Waals surface area contributed by atoms with Crippen LogP contribution < -0.4 is 14.8 Å². The minimum Gasteiger partial charge on any atom is -0.490 e. The van der Waals surface area contributed by atoms with E-state index in [0.29, 0.717) is 24.7 Å². The Hall–Kier alpha value is -2.30. The van der Waals surface area contributed by atoms with Gasteiger partial charge in [0, 0.05) is 24.2 Å². The molecule has 0 radical (unpaired) electrons. The number of anilines is 1. The third-order valence-electron chi connectivity index (χ3n) is 3.57. The number of nitrogens with one attached hydrogen (secondary N) is 1. The predicted molar refractivity (Wildman–Crippen MR) is 80.4 cm³/mol. The Kier molecular flexibility index (Phi) is 4.13. The first-order chi connectivity index (χ1) is 10.6. The fraction of sp³-hybridized carbons (Fsp3) is 0.294. The van der Waals surface area contributed by atoms with E-state index >= 15 is 0 Å². The lowest BCUT2D eigenvalue weighted by molar-refractivity contribution is 0.297. The summed E-state index contributed by atoms with van der Waals surface area (Å²) in [6.45, 7) is 3.22. The normalized spacial score (nSPS) is 15.0. The fourth-order valence-corrected chi connectivity index (χ4v) is 2.37. The number of hydrogen-bond acceptors (Lipinski definition) is 3. The predicted octanol–water partition coefficient (Wildman–Crippen LogP) is 4.30. The third kappa shape index (κ3) is 3.13. The standard InChI is InChI=1S/C17H17F2NO2/c1-11(20-13-4-5-14(18)15(19)10-13)12-3-6-16-17(9-12)22-8-2-7-21-16/h3-6,9-11,20H,2,7-8H2,1H3. The van der Waals surface area contributed by atoms with Crippen LogP contribution in [0.2, 0.25) is 0 Å². The molecule has 1 atom stereocenters. The van der Waals surface area contributed by atoms with E-state index < -0.39 is 11.6 Å². The SMILES string of the molecule is CC(Nc1ccc(F)c(F)c1)c1ccc2c(c1)OCCCO2. The molecule has 0 aromatic heterocycles. The van der Waals surface area contributed by atoms with Crippen molar-refractivity contribution in [3.8, 4) is 11.5 Å². The minimum absolute atomic E-state index is 0.0815. The summed E-state index contributed by atoms with van der Waals surface area (Å²) in [6.07, 6.45) is 0.854. The molecule has 1 aliphatic heterocycles. The summed E-state index contributed by atoms with van der Waals surface area (Å²) in [6, 6.07) is 9.41. The summed E-state index contributed by atoms with van der Waals surface area (Å²) in [5, 5.41) is 3.15. The summed E-state index contributed by atoms with van der Waals surface area (Å²) >= 11 is 0. The molecule has 0 bridgehead atoms. The Balaban J connectivity index is 1.78. The van der Waals surface area contributed by atoms with Gasteiger partial charge in [-0.15, -0.1) is 0 Å². The van der Waals surface area contributed by atoms with Crippen molar-refractivity contribution in [1.82, 2.24) is 0 Å². The molecule has 0 saturated carbocycles. The molecule has 116 valence electrons. The van der Waals surface area contributed by atoms with Gasteiger partial charge in [-0.1, -0.05) is 6.07 Å². The largest absolute Gasteiger partial charge is 0.490 e. The molecular formula is C17H17F2NO2. The van der Waals surface area contributed by atoms with E-state index in [4.69, 9.17) is 9.47 Å². The minimum atomic E-state index is -0.865. The topological polar surface area (TPSA) is 30.5 Å². The second-order valence-electron chi connectivity index (χ2n) is 5.25. The lowest BCUT2D eigenvalue weighted by Crippen LogP contribution is -2.07. The first-order valence-electron chi connectivity index (χ1n) is 7.24. The van der Waals surface area contributed by atoms with Crippen LogP contribution in [-0.4, -0.2) is 13.2 Å².